The first-order valence-corrected chi connectivity index (χ1v) is 6.79. The van der Waals surface area contributed by atoms with Crippen molar-refractivity contribution in [2.24, 2.45) is 5.73 Å². The van der Waals surface area contributed by atoms with E-state index in [4.69, 9.17) is 18.0 Å². The maximum Gasteiger partial charge on any atom is 0.293 e. The summed E-state index contributed by atoms with van der Waals surface area (Å²) in [5.41, 5.74) is 5.16. The van der Waals surface area contributed by atoms with Crippen molar-refractivity contribution in [1.29, 1.82) is 0 Å². The lowest BCUT2D eigenvalue weighted by Gasteiger charge is -2.26. The fraction of sp³-hybridized carbons (Fsp3) is 0.615. The van der Waals surface area contributed by atoms with Gasteiger partial charge in [0.15, 0.2) is 5.82 Å². The third-order valence-corrected chi connectivity index (χ3v) is 3.06. The lowest BCUT2D eigenvalue weighted by Crippen LogP contribution is -2.39. The Balaban J connectivity index is 3.12. The molecule has 0 aliphatic rings. The SMILES string of the molecule is CCN(CCC(N)=S)c1nccn(C(C)(C)C)c1=O. The van der Waals surface area contributed by atoms with Crippen LogP contribution in [0.2, 0.25) is 0 Å². The summed E-state index contributed by atoms with van der Waals surface area (Å²) in [6.07, 6.45) is 3.95. The van der Waals surface area contributed by atoms with Crippen LogP contribution in [0, 0.1) is 0 Å². The Morgan fingerprint density at radius 1 is 1.53 bits per heavy atom. The van der Waals surface area contributed by atoms with Crippen LogP contribution in [0.1, 0.15) is 34.1 Å². The Labute approximate surface area is 119 Å². The van der Waals surface area contributed by atoms with Gasteiger partial charge in [-0.15, -0.1) is 0 Å². The predicted octanol–water partition coefficient (Wildman–Crippen LogP) is 1.50. The Morgan fingerprint density at radius 3 is 2.63 bits per heavy atom. The molecule has 106 valence electrons. The highest BCUT2D eigenvalue weighted by atomic mass is 32.1. The van der Waals surface area contributed by atoms with E-state index in [9.17, 15) is 4.79 Å². The Hall–Kier alpha value is -1.43. The Kier molecular flexibility index (Phi) is 5.05. The molecule has 0 bridgehead atoms. The van der Waals surface area contributed by atoms with Crippen LogP contribution in [0.25, 0.3) is 0 Å². The highest BCUT2D eigenvalue weighted by molar-refractivity contribution is 7.80. The lowest BCUT2D eigenvalue weighted by molar-refractivity contribution is 0.382. The first kappa shape index (κ1) is 15.6. The molecule has 1 heterocycles. The summed E-state index contributed by atoms with van der Waals surface area (Å²) in [7, 11) is 0. The zero-order valence-electron chi connectivity index (χ0n) is 12.0. The Morgan fingerprint density at radius 2 is 2.16 bits per heavy atom. The number of rotatable bonds is 5. The van der Waals surface area contributed by atoms with E-state index in [2.05, 4.69) is 4.98 Å². The van der Waals surface area contributed by atoms with Gasteiger partial charge in [-0.1, -0.05) is 12.2 Å². The number of nitrogens with zero attached hydrogens (tertiary/aromatic N) is 3. The highest BCUT2D eigenvalue weighted by Crippen LogP contribution is 2.12. The second-order valence-electron chi connectivity index (χ2n) is 5.39. The summed E-state index contributed by atoms with van der Waals surface area (Å²) in [5.74, 6) is 0.455. The van der Waals surface area contributed by atoms with Crippen LogP contribution < -0.4 is 16.2 Å². The van der Waals surface area contributed by atoms with E-state index in [-0.39, 0.29) is 11.1 Å². The van der Waals surface area contributed by atoms with Crippen molar-refractivity contribution in [3.8, 4) is 0 Å². The van der Waals surface area contributed by atoms with E-state index in [1.54, 1.807) is 17.0 Å². The predicted molar refractivity (Wildman–Crippen MR) is 82.8 cm³/mol. The van der Waals surface area contributed by atoms with Crippen molar-refractivity contribution in [2.45, 2.75) is 39.7 Å². The van der Waals surface area contributed by atoms with Gasteiger partial charge >= 0.3 is 0 Å². The number of aromatic nitrogens is 2. The van der Waals surface area contributed by atoms with Crippen molar-refractivity contribution in [1.82, 2.24) is 9.55 Å². The summed E-state index contributed by atoms with van der Waals surface area (Å²) in [5, 5.41) is 0. The minimum Gasteiger partial charge on any atom is -0.393 e. The van der Waals surface area contributed by atoms with Crippen LogP contribution >= 0.6 is 12.2 Å². The van der Waals surface area contributed by atoms with Gasteiger partial charge in [-0.3, -0.25) is 4.79 Å². The number of thiocarbonyl (C=S) groups is 1. The van der Waals surface area contributed by atoms with Crippen molar-refractivity contribution >= 4 is 23.0 Å². The summed E-state index contributed by atoms with van der Waals surface area (Å²) in [6, 6.07) is 0. The maximum absolute atomic E-state index is 12.5. The molecule has 0 fully saturated rings. The quantitative estimate of drug-likeness (QED) is 0.829. The van der Waals surface area contributed by atoms with Crippen LogP contribution in [-0.4, -0.2) is 27.6 Å². The van der Waals surface area contributed by atoms with Crippen molar-refractivity contribution < 1.29 is 0 Å². The molecule has 0 unspecified atom stereocenters. The zero-order valence-corrected chi connectivity index (χ0v) is 12.8. The van der Waals surface area contributed by atoms with E-state index >= 15 is 0 Å². The molecule has 6 heteroatoms. The number of hydrogen-bond acceptors (Lipinski definition) is 4. The highest BCUT2D eigenvalue weighted by Gasteiger charge is 2.19. The van der Waals surface area contributed by atoms with Crippen LogP contribution in [0.5, 0.6) is 0 Å². The molecule has 1 rings (SSSR count). The molecule has 5 nitrogen and oxygen atoms in total. The van der Waals surface area contributed by atoms with Crippen LogP contribution in [0.4, 0.5) is 5.82 Å². The molecule has 0 aliphatic carbocycles. The molecule has 0 atom stereocenters. The minimum absolute atomic E-state index is 0.0835. The summed E-state index contributed by atoms with van der Waals surface area (Å²) in [4.78, 5) is 19.0. The molecule has 0 radical (unpaired) electrons. The topological polar surface area (TPSA) is 64.2 Å². The summed E-state index contributed by atoms with van der Waals surface area (Å²) < 4.78 is 1.69. The first-order chi connectivity index (χ1) is 8.77. The molecule has 1 aromatic rings. The third kappa shape index (κ3) is 4.02. The van der Waals surface area contributed by atoms with E-state index in [0.29, 0.717) is 30.3 Å². The fourth-order valence-electron chi connectivity index (χ4n) is 1.81. The molecule has 0 saturated carbocycles. The average molecular weight is 282 g/mol. The number of anilines is 1. The van der Waals surface area contributed by atoms with Gasteiger partial charge in [-0.2, -0.15) is 0 Å². The minimum atomic E-state index is -0.267. The van der Waals surface area contributed by atoms with Gasteiger partial charge in [0.2, 0.25) is 0 Å². The van der Waals surface area contributed by atoms with Gasteiger partial charge in [-0.05, 0) is 27.7 Å². The molecule has 0 spiro atoms. The van der Waals surface area contributed by atoms with Crippen molar-refractivity contribution in [3.63, 3.8) is 0 Å². The van der Waals surface area contributed by atoms with Crippen molar-refractivity contribution in [3.05, 3.63) is 22.7 Å². The molecule has 0 saturated heterocycles. The zero-order chi connectivity index (χ0) is 14.6. The van der Waals surface area contributed by atoms with Crippen LogP contribution in [-0.2, 0) is 5.54 Å². The summed E-state index contributed by atoms with van der Waals surface area (Å²) in [6.45, 7) is 9.26. The number of hydrogen-bond donors (Lipinski definition) is 1. The van der Waals surface area contributed by atoms with E-state index in [1.807, 2.05) is 32.6 Å². The van der Waals surface area contributed by atoms with Gasteiger partial charge in [0, 0.05) is 37.4 Å². The van der Waals surface area contributed by atoms with Gasteiger partial charge < -0.3 is 15.2 Å². The molecule has 0 aromatic carbocycles. The molecular formula is C13H22N4OS. The third-order valence-electron chi connectivity index (χ3n) is 2.85. The van der Waals surface area contributed by atoms with Crippen LogP contribution in [0.3, 0.4) is 0 Å². The molecule has 1 aromatic heterocycles. The first-order valence-electron chi connectivity index (χ1n) is 6.38. The second-order valence-corrected chi connectivity index (χ2v) is 5.92. The van der Waals surface area contributed by atoms with Crippen LogP contribution in [0.15, 0.2) is 17.2 Å². The normalized spacial score (nSPS) is 11.4. The fourth-order valence-corrected chi connectivity index (χ4v) is 1.90. The van der Waals surface area contributed by atoms with E-state index in [0.717, 1.165) is 0 Å². The number of nitrogens with two attached hydrogens (primary N) is 1. The smallest absolute Gasteiger partial charge is 0.293 e. The second kappa shape index (κ2) is 6.14. The molecule has 0 aliphatic heterocycles. The van der Waals surface area contributed by atoms with E-state index < -0.39 is 0 Å². The van der Waals surface area contributed by atoms with Gasteiger partial charge in [0.25, 0.3) is 5.56 Å². The molecule has 2 N–H and O–H groups in total. The van der Waals surface area contributed by atoms with Gasteiger partial charge in [0.05, 0.1) is 4.99 Å². The Bertz CT molecular complexity index is 504. The van der Waals surface area contributed by atoms with Gasteiger partial charge in [-0.25, -0.2) is 4.98 Å². The molecule has 0 amide bonds. The van der Waals surface area contributed by atoms with Crippen molar-refractivity contribution in [2.75, 3.05) is 18.0 Å². The van der Waals surface area contributed by atoms with E-state index in [1.165, 1.54) is 0 Å². The average Bonchev–Trinajstić information content (AvgIpc) is 2.29. The standard InChI is InChI=1S/C13H22N4OS/c1-5-16(8-6-10(14)19)11-12(18)17(9-7-15-11)13(2,3)4/h7,9H,5-6,8H2,1-4H3,(H2,14,19). The lowest BCUT2D eigenvalue weighted by atomic mass is 10.1. The summed E-state index contributed by atoms with van der Waals surface area (Å²) >= 11 is 4.88. The molecular weight excluding hydrogens is 260 g/mol. The van der Waals surface area contributed by atoms with Gasteiger partial charge in [0.1, 0.15) is 0 Å². The molecule has 19 heavy (non-hydrogen) atoms. The largest absolute Gasteiger partial charge is 0.393 e. The monoisotopic (exact) mass is 282 g/mol. The maximum atomic E-state index is 12.5.